The number of carbonyl (C=O) groups is 1. The average Bonchev–Trinajstić information content (AvgIpc) is 2.68. The lowest BCUT2D eigenvalue weighted by molar-refractivity contribution is -0.113. The zero-order valence-electron chi connectivity index (χ0n) is 15.5. The van der Waals surface area contributed by atoms with E-state index in [4.69, 9.17) is 0 Å². The Kier molecular flexibility index (Phi) is 6.71. The van der Waals surface area contributed by atoms with E-state index in [0.717, 1.165) is 11.8 Å². The maximum absolute atomic E-state index is 13.6. The van der Waals surface area contributed by atoms with Crippen LogP contribution in [0, 0.1) is 5.82 Å². The second kappa shape index (κ2) is 9.04. The number of carbonyl (C=O) groups excluding carboxylic acids is 1. The summed E-state index contributed by atoms with van der Waals surface area (Å²) in [5, 5.41) is 2.70. The number of benzene rings is 2. The quantitative estimate of drug-likeness (QED) is 0.723. The third-order valence-electron chi connectivity index (χ3n) is 4.43. The van der Waals surface area contributed by atoms with Crippen LogP contribution in [0.1, 0.15) is 0 Å². The van der Waals surface area contributed by atoms with Gasteiger partial charge in [0.2, 0.25) is 15.9 Å². The van der Waals surface area contributed by atoms with Crippen molar-refractivity contribution in [2.75, 3.05) is 44.3 Å². The molecule has 0 unspecified atom stereocenters. The highest BCUT2D eigenvalue weighted by Gasteiger charge is 2.27. The van der Waals surface area contributed by atoms with Crippen LogP contribution in [0.25, 0.3) is 0 Å². The number of amides is 1. The van der Waals surface area contributed by atoms with Crippen LogP contribution >= 0.6 is 11.8 Å². The molecule has 0 radical (unpaired) electrons. The maximum atomic E-state index is 13.6. The zero-order valence-corrected chi connectivity index (χ0v) is 17.1. The van der Waals surface area contributed by atoms with Gasteiger partial charge in [0.05, 0.1) is 10.6 Å². The summed E-state index contributed by atoms with van der Waals surface area (Å²) in [6.07, 6.45) is 0. The smallest absolute Gasteiger partial charge is 0.243 e. The predicted molar refractivity (Wildman–Crippen MR) is 108 cm³/mol. The molecule has 1 N–H and O–H groups in total. The minimum atomic E-state index is -3.53. The summed E-state index contributed by atoms with van der Waals surface area (Å²) in [6, 6.07) is 12.4. The second-order valence-electron chi connectivity index (χ2n) is 6.50. The fourth-order valence-corrected chi connectivity index (χ4v) is 4.95. The first-order valence-corrected chi connectivity index (χ1v) is 11.2. The van der Waals surface area contributed by atoms with Crippen LogP contribution in [0.5, 0.6) is 0 Å². The van der Waals surface area contributed by atoms with E-state index < -0.39 is 10.0 Å². The van der Waals surface area contributed by atoms with Gasteiger partial charge in [-0.15, -0.1) is 11.8 Å². The van der Waals surface area contributed by atoms with E-state index >= 15 is 0 Å². The van der Waals surface area contributed by atoms with Crippen molar-refractivity contribution in [3.63, 3.8) is 0 Å². The molecule has 2 aromatic rings. The van der Waals surface area contributed by atoms with Crippen molar-refractivity contribution in [3.05, 3.63) is 54.3 Å². The molecule has 0 bridgehead atoms. The van der Waals surface area contributed by atoms with E-state index in [0.29, 0.717) is 36.8 Å². The Hall–Kier alpha value is -1.94. The Morgan fingerprint density at radius 1 is 1.07 bits per heavy atom. The lowest BCUT2D eigenvalue weighted by atomic mass is 10.3. The molecule has 0 aromatic heterocycles. The lowest BCUT2D eigenvalue weighted by Crippen LogP contribution is -2.46. The number of anilines is 1. The fourth-order valence-electron chi connectivity index (χ4n) is 2.79. The van der Waals surface area contributed by atoms with Crippen molar-refractivity contribution in [3.8, 4) is 0 Å². The van der Waals surface area contributed by atoms with E-state index in [1.165, 1.54) is 22.5 Å². The number of nitrogens with zero attached hydrogens (tertiary/aromatic N) is 2. The Bertz CT molecular complexity index is 928. The monoisotopic (exact) mass is 423 g/mol. The molecule has 9 heteroatoms. The number of likely N-dealkylation sites (N-methyl/N-ethyl adjacent to an activating group) is 1. The van der Waals surface area contributed by atoms with Crippen molar-refractivity contribution in [1.82, 2.24) is 9.21 Å². The Balaban J connectivity index is 1.58. The molecular weight excluding hydrogens is 401 g/mol. The van der Waals surface area contributed by atoms with Gasteiger partial charge in [-0.25, -0.2) is 12.8 Å². The van der Waals surface area contributed by atoms with E-state index in [9.17, 15) is 17.6 Å². The minimum Gasteiger partial charge on any atom is -0.325 e. The number of halogens is 1. The van der Waals surface area contributed by atoms with Crippen molar-refractivity contribution < 1.29 is 17.6 Å². The molecule has 0 saturated carbocycles. The molecule has 2 aromatic carbocycles. The number of sulfonamides is 1. The largest absolute Gasteiger partial charge is 0.325 e. The van der Waals surface area contributed by atoms with E-state index in [1.54, 1.807) is 30.3 Å². The van der Waals surface area contributed by atoms with E-state index in [1.807, 2.05) is 7.05 Å². The van der Waals surface area contributed by atoms with Crippen LogP contribution in [-0.2, 0) is 14.8 Å². The summed E-state index contributed by atoms with van der Waals surface area (Å²) < 4.78 is 40.5. The molecule has 1 amide bonds. The highest BCUT2D eigenvalue weighted by Crippen LogP contribution is 2.22. The van der Waals surface area contributed by atoms with Gasteiger partial charge in [-0.05, 0) is 43.4 Å². The molecule has 3 rings (SSSR count). The predicted octanol–water partition coefficient (Wildman–Crippen LogP) is 2.49. The fraction of sp³-hybridized carbons (Fsp3) is 0.316. The van der Waals surface area contributed by atoms with Crippen molar-refractivity contribution in [1.29, 1.82) is 0 Å². The summed E-state index contributed by atoms with van der Waals surface area (Å²) in [5.41, 5.74) is 0.497. The SMILES string of the molecule is CN1CCN(S(=O)(=O)c2ccc(NC(=O)CSc3ccccc3F)cc2)CC1. The Labute approximate surface area is 168 Å². The number of piperazine rings is 1. The van der Waals surface area contributed by atoms with Crippen LogP contribution in [-0.4, -0.2) is 62.5 Å². The number of hydrogen-bond donors (Lipinski definition) is 1. The number of thioether (sulfide) groups is 1. The molecular formula is C19H22FN3O3S2. The second-order valence-corrected chi connectivity index (χ2v) is 9.45. The van der Waals surface area contributed by atoms with Gasteiger partial charge >= 0.3 is 0 Å². The van der Waals surface area contributed by atoms with Gasteiger partial charge in [0.15, 0.2) is 0 Å². The number of rotatable bonds is 6. The van der Waals surface area contributed by atoms with Crippen molar-refractivity contribution >= 4 is 33.4 Å². The summed E-state index contributed by atoms with van der Waals surface area (Å²) >= 11 is 1.11. The van der Waals surface area contributed by atoms with Crippen LogP contribution in [0.4, 0.5) is 10.1 Å². The third kappa shape index (κ3) is 5.11. The molecule has 1 aliphatic rings. The first-order chi connectivity index (χ1) is 13.4. The third-order valence-corrected chi connectivity index (χ3v) is 7.39. The van der Waals surface area contributed by atoms with Crippen LogP contribution < -0.4 is 5.32 Å². The molecule has 0 spiro atoms. The standard InChI is InChI=1S/C19H22FN3O3S2/c1-22-10-12-23(13-11-22)28(25,26)16-8-6-15(7-9-16)21-19(24)14-27-18-5-3-2-4-17(18)20/h2-9H,10-14H2,1H3,(H,21,24). The van der Waals surface area contributed by atoms with E-state index in [-0.39, 0.29) is 22.4 Å². The van der Waals surface area contributed by atoms with Crippen LogP contribution in [0.3, 0.4) is 0 Å². The summed E-state index contributed by atoms with van der Waals surface area (Å²) in [7, 11) is -1.57. The topological polar surface area (TPSA) is 69.7 Å². The first-order valence-electron chi connectivity index (χ1n) is 8.82. The molecule has 150 valence electrons. The van der Waals surface area contributed by atoms with Crippen LogP contribution in [0.15, 0.2) is 58.3 Å². The van der Waals surface area contributed by atoms with Gasteiger partial charge in [-0.1, -0.05) is 12.1 Å². The van der Waals surface area contributed by atoms with Gasteiger partial charge in [-0.3, -0.25) is 4.79 Å². The molecule has 0 atom stereocenters. The van der Waals surface area contributed by atoms with Crippen molar-refractivity contribution in [2.45, 2.75) is 9.79 Å². The summed E-state index contributed by atoms with van der Waals surface area (Å²) in [4.78, 5) is 14.8. The lowest BCUT2D eigenvalue weighted by Gasteiger charge is -2.31. The maximum Gasteiger partial charge on any atom is 0.243 e. The van der Waals surface area contributed by atoms with E-state index in [2.05, 4.69) is 10.2 Å². The molecule has 28 heavy (non-hydrogen) atoms. The highest BCUT2D eigenvalue weighted by atomic mass is 32.2. The molecule has 1 saturated heterocycles. The summed E-state index contributed by atoms with van der Waals surface area (Å²) in [5.74, 6) is -0.593. The first kappa shape index (κ1) is 20.8. The molecule has 6 nitrogen and oxygen atoms in total. The Morgan fingerprint density at radius 2 is 1.71 bits per heavy atom. The molecule has 0 aliphatic carbocycles. The molecule has 1 aliphatic heterocycles. The Morgan fingerprint density at radius 3 is 2.36 bits per heavy atom. The van der Waals surface area contributed by atoms with Gasteiger partial charge in [0.25, 0.3) is 0 Å². The highest BCUT2D eigenvalue weighted by molar-refractivity contribution is 8.00. The van der Waals surface area contributed by atoms with Gasteiger partial charge in [0.1, 0.15) is 5.82 Å². The van der Waals surface area contributed by atoms with Gasteiger partial charge in [0, 0.05) is 36.8 Å². The minimum absolute atomic E-state index is 0.0578. The number of hydrogen-bond acceptors (Lipinski definition) is 5. The zero-order chi connectivity index (χ0) is 20.1. The van der Waals surface area contributed by atoms with Crippen molar-refractivity contribution in [2.24, 2.45) is 0 Å². The number of nitrogens with one attached hydrogen (secondary N) is 1. The van der Waals surface area contributed by atoms with Crippen LogP contribution in [0.2, 0.25) is 0 Å². The molecule has 1 heterocycles. The van der Waals surface area contributed by atoms with Gasteiger partial charge < -0.3 is 10.2 Å². The van der Waals surface area contributed by atoms with Gasteiger partial charge in [-0.2, -0.15) is 4.31 Å². The normalized spacial score (nSPS) is 16.1. The molecule has 1 fully saturated rings. The summed E-state index contributed by atoms with van der Waals surface area (Å²) in [6.45, 7) is 2.33. The average molecular weight is 424 g/mol.